The summed E-state index contributed by atoms with van der Waals surface area (Å²) >= 11 is 6.79. The second-order valence-corrected chi connectivity index (χ2v) is 10.5. The summed E-state index contributed by atoms with van der Waals surface area (Å²) in [5, 5.41) is 9.97. The second kappa shape index (κ2) is 6.94. The number of piperazine rings is 1. The zero-order valence-electron chi connectivity index (χ0n) is 18.5. The molecule has 162 valence electrons. The minimum atomic E-state index is -0.278. The number of anilines is 1. The van der Waals surface area contributed by atoms with Crippen molar-refractivity contribution in [1.29, 1.82) is 5.26 Å². The summed E-state index contributed by atoms with van der Waals surface area (Å²) in [5.74, 6) is 0.0600. The van der Waals surface area contributed by atoms with E-state index in [1.807, 2.05) is 24.3 Å². The number of nitriles is 1. The highest BCUT2D eigenvalue weighted by molar-refractivity contribution is 6.36. The van der Waals surface area contributed by atoms with Gasteiger partial charge in [0, 0.05) is 48.8 Å². The molecule has 1 aliphatic heterocycles. The van der Waals surface area contributed by atoms with Gasteiger partial charge in [0.2, 0.25) is 0 Å². The maximum absolute atomic E-state index is 13.7. The topological polar surface area (TPSA) is 47.3 Å². The van der Waals surface area contributed by atoms with E-state index in [1.165, 1.54) is 12.8 Å². The van der Waals surface area contributed by atoms with Crippen molar-refractivity contribution in [2.45, 2.75) is 44.6 Å². The Morgan fingerprint density at radius 1 is 1.06 bits per heavy atom. The lowest BCUT2D eigenvalue weighted by Crippen LogP contribution is -2.47. The van der Waals surface area contributed by atoms with Crippen LogP contribution in [-0.4, -0.2) is 42.9 Å². The third kappa shape index (κ3) is 2.88. The maximum atomic E-state index is 13.7. The molecule has 0 radical (unpaired) electrons. The van der Waals surface area contributed by atoms with E-state index < -0.39 is 0 Å². The molecule has 32 heavy (non-hydrogen) atoms. The average Bonchev–Trinajstić information content (AvgIpc) is 3.57. The molecule has 1 heterocycles. The minimum Gasteiger partial charge on any atom is -0.368 e. The van der Waals surface area contributed by atoms with Crippen LogP contribution in [0.15, 0.2) is 35.9 Å². The average molecular weight is 444 g/mol. The molecule has 0 N–H and O–H groups in total. The molecule has 2 aromatic carbocycles. The molecule has 3 aliphatic carbocycles. The number of hydrogen-bond acceptors (Lipinski definition) is 4. The molecule has 2 aromatic rings. The maximum Gasteiger partial charge on any atom is 0.194 e. The monoisotopic (exact) mass is 443 g/mol. The Bertz CT molecular complexity index is 1240. The van der Waals surface area contributed by atoms with Crippen LogP contribution in [0.5, 0.6) is 0 Å². The number of benzene rings is 2. The molecule has 0 amide bonds. The van der Waals surface area contributed by atoms with Crippen molar-refractivity contribution < 1.29 is 4.79 Å². The van der Waals surface area contributed by atoms with Crippen LogP contribution in [0.25, 0.3) is 5.57 Å². The number of hydrogen-bond donors (Lipinski definition) is 0. The van der Waals surface area contributed by atoms with Gasteiger partial charge in [-0.15, -0.1) is 0 Å². The van der Waals surface area contributed by atoms with Crippen LogP contribution >= 0.6 is 11.6 Å². The Morgan fingerprint density at radius 2 is 1.81 bits per heavy atom. The molecule has 0 unspecified atom stereocenters. The van der Waals surface area contributed by atoms with E-state index >= 15 is 0 Å². The fourth-order valence-electron chi connectivity index (χ4n) is 5.86. The highest BCUT2D eigenvalue weighted by Gasteiger charge is 2.43. The second-order valence-electron chi connectivity index (χ2n) is 10.1. The summed E-state index contributed by atoms with van der Waals surface area (Å²) in [7, 11) is 0. The van der Waals surface area contributed by atoms with Crippen LogP contribution in [-0.2, 0) is 11.8 Å². The van der Waals surface area contributed by atoms with Gasteiger partial charge in [-0.3, -0.25) is 9.69 Å². The zero-order valence-corrected chi connectivity index (χ0v) is 19.3. The molecule has 2 fully saturated rings. The minimum absolute atomic E-state index is 0.0600. The molecular weight excluding hydrogens is 418 g/mol. The largest absolute Gasteiger partial charge is 0.368 e. The third-order valence-corrected chi connectivity index (χ3v) is 8.18. The lowest BCUT2D eigenvalue weighted by atomic mass is 9.68. The van der Waals surface area contributed by atoms with Crippen molar-refractivity contribution in [1.82, 2.24) is 4.90 Å². The van der Waals surface area contributed by atoms with Crippen molar-refractivity contribution in [3.8, 4) is 6.07 Å². The molecule has 0 atom stereocenters. The number of carbonyl (C=O) groups excluding carboxylic acids is 1. The van der Waals surface area contributed by atoms with E-state index in [2.05, 4.69) is 35.8 Å². The normalized spacial score (nSPS) is 21.8. The zero-order chi connectivity index (χ0) is 22.2. The molecule has 0 bridgehead atoms. The van der Waals surface area contributed by atoms with Crippen molar-refractivity contribution >= 4 is 28.6 Å². The van der Waals surface area contributed by atoms with Gasteiger partial charge in [0.05, 0.1) is 22.3 Å². The van der Waals surface area contributed by atoms with E-state index in [9.17, 15) is 10.1 Å². The third-order valence-electron chi connectivity index (χ3n) is 7.88. The number of rotatable bonds is 2. The summed E-state index contributed by atoms with van der Waals surface area (Å²) < 4.78 is 0. The van der Waals surface area contributed by atoms with Crippen LogP contribution in [0.4, 0.5) is 5.69 Å². The predicted octanol–water partition coefficient (Wildman–Crippen LogP) is 4.98. The SMILES string of the molecule is CC1(C)C2=C(C(=O)c3cc(Cl)c(N4CCN(C5CC5)CC4)cc31)c1ccc(C#N)cc1C2. The van der Waals surface area contributed by atoms with Crippen LogP contribution < -0.4 is 4.90 Å². The smallest absolute Gasteiger partial charge is 0.194 e. The summed E-state index contributed by atoms with van der Waals surface area (Å²) in [6.45, 7) is 8.53. The van der Waals surface area contributed by atoms with Gasteiger partial charge in [-0.1, -0.05) is 31.5 Å². The van der Waals surface area contributed by atoms with Gasteiger partial charge in [-0.25, -0.2) is 0 Å². The Balaban J connectivity index is 1.39. The Labute approximate surface area is 194 Å². The first-order valence-electron chi connectivity index (χ1n) is 11.5. The van der Waals surface area contributed by atoms with Gasteiger partial charge in [-0.2, -0.15) is 5.26 Å². The number of Topliss-reactive ketones (excluding diaryl/α,β-unsaturated/α-hetero) is 1. The van der Waals surface area contributed by atoms with E-state index in [-0.39, 0.29) is 11.2 Å². The van der Waals surface area contributed by atoms with Crippen LogP contribution in [0, 0.1) is 11.3 Å². The fraction of sp³-hybridized carbons (Fsp3) is 0.407. The van der Waals surface area contributed by atoms with Crippen LogP contribution in [0.1, 0.15) is 59.3 Å². The standard InChI is InChI=1S/C27H26ClN3O/c1-27(2)21-14-24(31-9-7-30(8-10-31)18-4-5-18)23(28)13-20(21)26(32)25-19-6-3-16(15-29)11-17(19)12-22(25)27/h3,6,11,13-14,18H,4-5,7-10,12H2,1-2H3. The van der Waals surface area contributed by atoms with Crippen molar-refractivity contribution in [2.24, 2.45) is 0 Å². The van der Waals surface area contributed by atoms with E-state index in [0.717, 1.165) is 77.7 Å². The van der Waals surface area contributed by atoms with Crippen LogP contribution in [0.3, 0.4) is 0 Å². The number of halogens is 1. The summed E-state index contributed by atoms with van der Waals surface area (Å²) in [6, 6.07) is 12.8. The summed E-state index contributed by atoms with van der Waals surface area (Å²) in [6.07, 6.45) is 3.40. The number of ketones is 1. The first-order valence-corrected chi connectivity index (χ1v) is 11.9. The number of allylic oxidation sites excluding steroid dienone is 2. The molecule has 4 nitrogen and oxygen atoms in total. The summed E-state index contributed by atoms with van der Waals surface area (Å²) in [4.78, 5) is 18.6. The first-order chi connectivity index (χ1) is 15.4. The number of carbonyl (C=O) groups is 1. The lowest BCUT2D eigenvalue weighted by Gasteiger charge is -2.39. The van der Waals surface area contributed by atoms with E-state index in [1.54, 1.807) is 0 Å². The van der Waals surface area contributed by atoms with Gasteiger partial charge in [-0.05, 0) is 65.8 Å². The first kappa shape index (κ1) is 20.0. The molecule has 0 aromatic heterocycles. The molecule has 1 saturated carbocycles. The van der Waals surface area contributed by atoms with Gasteiger partial charge in [0.25, 0.3) is 0 Å². The van der Waals surface area contributed by atoms with E-state index in [4.69, 9.17) is 11.6 Å². The quantitative estimate of drug-likeness (QED) is 0.656. The van der Waals surface area contributed by atoms with Crippen molar-refractivity contribution in [2.75, 3.05) is 31.1 Å². The fourth-order valence-corrected chi connectivity index (χ4v) is 6.14. The van der Waals surface area contributed by atoms with Gasteiger partial charge in [0.15, 0.2) is 5.78 Å². The molecule has 5 heteroatoms. The van der Waals surface area contributed by atoms with Gasteiger partial charge in [0.1, 0.15) is 0 Å². The molecule has 6 rings (SSSR count). The highest BCUT2D eigenvalue weighted by atomic mass is 35.5. The molecule has 4 aliphatic rings. The van der Waals surface area contributed by atoms with Crippen LogP contribution in [0.2, 0.25) is 5.02 Å². The number of fused-ring (bicyclic) bond motifs is 3. The van der Waals surface area contributed by atoms with Gasteiger partial charge < -0.3 is 4.90 Å². The Morgan fingerprint density at radius 3 is 2.50 bits per heavy atom. The highest BCUT2D eigenvalue weighted by Crippen LogP contribution is 2.51. The van der Waals surface area contributed by atoms with Crippen molar-refractivity contribution in [3.05, 3.63) is 68.7 Å². The van der Waals surface area contributed by atoms with E-state index in [0.29, 0.717) is 10.6 Å². The molecular formula is C27H26ClN3O. The lowest BCUT2D eigenvalue weighted by molar-refractivity contribution is 0.105. The van der Waals surface area contributed by atoms with Gasteiger partial charge >= 0.3 is 0 Å². The molecule has 1 saturated heterocycles. The number of nitrogens with zero attached hydrogens (tertiary/aromatic N) is 3. The summed E-state index contributed by atoms with van der Waals surface area (Å²) in [5.41, 5.74) is 7.21. The Hall–Kier alpha value is -2.61. The Kier molecular flexibility index (Phi) is 4.35. The molecule has 0 spiro atoms. The van der Waals surface area contributed by atoms with Crippen molar-refractivity contribution in [3.63, 3.8) is 0 Å². The predicted molar refractivity (Wildman–Crippen MR) is 127 cm³/mol.